The lowest BCUT2D eigenvalue weighted by Gasteiger charge is -2.34. The smallest absolute Gasteiger partial charge is 0.416 e. The predicted molar refractivity (Wildman–Crippen MR) is 148 cm³/mol. The van der Waals surface area contributed by atoms with Gasteiger partial charge in [0.1, 0.15) is 6.54 Å². The Morgan fingerprint density at radius 3 is 2.52 bits per heavy atom. The van der Waals surface area contributed by atoms with Crippen LogP contribution in [0.2, 0.25) is 5.02 Å². The standard InChI is InChI=1S/C27H32ClF3N4O4S/c1-38-23-10-8-20(13-24(23)39-2)40-35(22-12-18(27(29,30)31)5-9-21(22)28)16-25(36)34-11-3-4-17(15-34)14-32-26(37)33-19-6-7-19/h5,8-10,12-13,17,19H,3-4,6-7,11,14-16H2,1-2H3,(H2,32,33,37). The first-order valence-corrected chi connectivity index (χ1v) is 14.1. The number of carbonyl (C=O) groups is 2. The fourth-order valence-corrected chi connectivity index (χ4v) is 5.67. The number of carbonyl (C=O) groups excluding carboxylic acids is 2. The highest BCUT2D eigenvalue weighted by Gasteiger charge is 2.33. The average Bonchev–Trinajstić information content (AvgIpc) is 3.75. The average molecular weight is 601 g/mol. The molecule has 8 nitrogen and oxygen atoms in total. The van der Waals surface area contributed by atoms with Crippen LogP contribution in [0.25, 0.3) is 0 Å². The van der Waals surface area contributed by atoms with Crippen molar-refractivity contribution >= 4 is 41.2 Å². The highest BCUT2D eigenvalue weighted by atomic mass is 35.5. The first-order valence-electron chi connectivity index (χ1n) is 12.9. The van der Waals surface area contributed by atoms with Gasteiger partial charge in [0, 0.05) is 30.6 Å². The van der Waals surface area contributed by atoms with Gasteiger partial charge < -0.3 is 29.3 Å². The van der Waals surface area contributed by atoms with E-state index in [0.717, 1.165) is 49.8 Å². The molecule has 1 saturated carbocycles. The van der Waals surface area contributed by atoms with Gasteiger partial charge in [-0.05, 0) is 79.9 Å². The Hall–Kier alpha value is -2.99. The summed E-state index contributed by atoms with van der Waals surface area (Å²) in [6.45, 7) is 1.18. The number of nitrogens with one attached hydrogen (secondary N) is 2. The number of likely N-dealkylation sites (tertiary alicyclic amines) is 1. The number of urea groups is 1. The van der Waals surface area contributed by atoms with Gasteiger partial charge in [0.2, 0.25) is 5.91 Å². The van der Waals surface area contributed by atoms with E-state index in [-0.39, 0.29) is 41.2 Å². The summed E-state index contributed by atoms with van der Waals surface area (Å²) in [6, 6.07) is 8.17. The minimum Gasteiger partial charge on any atom is -0.493 e. The Morgan fingerprint density at radius 1 is 1.10 bits per heavy atom. The number of ether oxygens (including phenoxy) is 2. The molecule has 13 heteroatoms. The van der Waals surface area contributed by atoms with E-state index in [0.29, 0.717) is 36.0 Å². The van der Waals surface area contributed by atoms with E-state index in [9.17, 15) is 22.8 Å². The number of hydrogen-bond donors (Lipinski definition) is 2. The third-order valence-corrected chi connectivity index (χ3v) is 8.06. The summed E-state index contributed by atoms with van der Waals surface area (Å²) >= 11 is 7.46. The summed E-state index contributed by atoms with van der Waals surface area (Å²) in [5.74, 6) is 0.747. The van der Waals surface area contributed by atoms with Crippen LogP contribution < -0.4 is 24.4 Å². The van der Waals surface area contributed by atoms with E-state index >= 15 is 0 Å². The number of methoxy groups -OCH3 is 2. The molecular formula is C27H32ClF3N4O4S. The molecule has 1 atom stereocenters. The number of rotatable bonds is 10. The van der Waals surface area contributed by atoms with Crippen LogP contribution in [0.15, 0.2) is 41.3 Å². The number of hydrogen-bond acceptors (Lipinski definition) is 6. The molecule has 40 heavy (non-hydrogen) atoms. The van der Waals surface area contributed by atoms with Crippen LogP contribution in [0.4, 0.5) is 23.7 Å². The summed E-state index contributed by atoms with van der Waals surface area (Å²) in [6.07, 6.45) is -0.978. The molecule has 0 bridgehead atoms. The predicted octanol–water partition coefficient (Wildman–Crippen LogP) is 5.59. The summed E-state index contributed by atoms with van der Waals surface area (Å²) in [5, 5.41) is 5.84. The Kier molecular flexibility index (Phi) is 9.83. The number of amides is 3. The molecule has 2 N–H and O–H groups in total. The molecule has 1 aliphatic heterocycles. The number of anilines is 1. The Morgan fingerprint density at radius 2 is 1.85 bits per heavy atom. The van der Waals surface area contributed by atoms with Crippen molar-refractivity contribution in [2.45, 2.75) is 42.8 Å². The SMILES string of the molecule is COc1ccc(SN(CC(=O)N2CCCC(CNC(=O)NC3CC3)C2)c2cc(C(F)(F)F)ccc2Cl)cc1OC. The maximum Gasteiger partial charge on any atom is 0.416 e. The topological polar surface area (TPSA) is 83.1 Å². The number of alkyl halides is 3. The van der Waals surface area contributed by atoms with E-state index in [2.05, 4.69) is 10.6 Å². The molecule has 4 rings (SSSR count). The van der Waals surface area contributed by atoms with Crippen molar-refractivity contribution in [3.63, 3.8) is 0 Å². The van der Waals surface area contributed by atoms with E-state index in [1.165, 1.54) is 24.6 Å². The zero-order chi connectivity index (χ0) is 28.9. The minimum absolute atomic E-state index is 0.0663. The molecule has 2 aromatic carbocycles. The van der Waals surface area contributed by atoms with Crippen LogP contribution >= 0.6 is 23.5 Å². The fraction of sp³-hybridized carbons (Fsp3) is 0.481. The third-order valence-electron chi connectivity index (χ3n) is 6.73. The molecule has 0 radical (unpaired) electrons. The van der Waals surface area contributed by atoms with Gasteiger partial charge in [-0.3, -0.25) is 4.79 Å². The van der Waals surface area contributed by atoms with E-state index in [1.54, 1.807) is 23.1 Å². The Labute approximate surface area is 240 Å². The first kappa shape index (κ1) is 30.0. The number of piperidine rings is 1. The van der Waals surface area contributed by atoms with Crippen molar-refractivity contribution < 1.29 is 32.2 Å². The van der Waals surface area contributed by atoms with Gasteiger partial charge in [0.15, 0.2) is 11.5 Å². The van der Waals surface area contributed by atoms with Gasteiger partial charge in [-0.25, -0.2) is 4.79 Å². The third kappa shape index (κ3) is 8.03. The van der Waals surface area contributed by atoms with E-state index < -0.39 is 11.7 Å². The summed E-state index contributed by atoms with van der Waals surface area (Å²) < 4.78 is 52.8. The lowest BCUT2D eigenvalue weighted by atomic mass is 9.98. The molecule has 1 unspecified atom stereocenters. The molecule has 0 aromatic heterocycles. The van der Waals surface area contributed by atoms with Gasteiger partial charge in [-0.1, -0.05) is 11.6 Å². The lowest BCUT2D eigenvalue weighted by Crippen LogP contribution is -2.47. The summed E-state index contributed by atoms with van der Waals surface area (Å²) in [7, 11) is 2.98. The van der Waals surface area contributed by atoms with Gasteiger partial charge in [0.05, 0.1) is 30.5 Å². The van der Waals surface area contributed by atoms with Crippen LogP contribution in [0.1, 0.15) is 31.2 Å². The van der Waals surface area contributed by atoms with Crippen molar-refractivity contribution in [1.29, 1.82) is 0 Å². The number of benzene rings is 2. The van der Waals surface area contributed by atoms with E-state index in [4.69, 9.17) is 21.1 Å². The quantitative estimate of drug-likeness (QED) is 0.346. The first-order chi connectivity index (χ1) is 19.1. The number of nitrogens with zero attached hydrogens (tertiary/aromatic N) is 2. The molecule has 3 amide bonds. The summed E-state index contributed by atoms with van der Waals surface area (Å²) in [5.41, 5.74) is -0.803. The molecule has 1 saturated heterocycles. The molecule has 218 valence electrons. The highest BCUT2D eigenvalue weighted by Crippen LogP contribution is 2.40. The van der Waals surface area contributed by atoms with Crippen LogP contribution in [0.3, 0.4) is 0 Å². The monoisotopic (exact) mass is 600 g/mol. The normalized spacial score (nSPS) is 17.2. The zero-order valence-electron chi connectivity index (χ0n) is 22.2. The number of halogens is 4. The minimum atomic E-state index is -4.58. The van der Waals surface area contributed by atoms with Crippen LogP contribution in [-0.4, -0.2) is 63.3 Å². The molecule has 2 fully saturated rings. The fourth-order valence-electron chi connectivity index (χ4n) is 4.43. The largest absolute Gasteiger partial charge is 0.493 e. The highest BCUT2D eigenvalue weighted by molar-refractivity contribution is 8.00. The van der Waals surface area contributed by atoms with E-state index in [1.807, 2.05) is 0 Å². The van der Waals surface area contributed by atoms with Crippen molar-refractivity contribution in [2.24, 2.45) is 5.92 Å². The van der Waals surface area contributed by atoms with Gasteiger partial charge in [-0.15, -0.1) is 0 Å². The molecule has 1 heterocycles. The maximum atomic E-state index is 13.6. The second kappa shape index (κ2) is 13.1. The van der Waals surface area contributed by atoms with Crippen LogP contribution in [0, 0.1) is 5.92 Å². The molecular weight excluding hydrogens is 569 g/mol. The second-order valence-corrected chi connectivity index (χ2v) is 11.3. The molecule has 1 aliphatic carbocycles. The van der Waals surface area contributed by atoms with Crippen molar-refractivity contribution in [3.05, 3.63) is 47.0 Å². The Bertz CT molecular complexity index is 1210. The lowest BCUT2D eigenvalue weighted by molar-refractivity contribution is -0.137. The second-order valence-electron chi connectivity index (χ2n) is 9.79. The van der Waals surface area contributed by atoms with Crippen LogP contribution in [-0.2, 0) is 11.0 Å². The molecule has 2 aliphatic rings. The zero-order valence-corrected chi connectivity index (χ0v) is 23.8. The molecule has 0 spiro atoms. The van der Waals surface area contributed by atoms with Crippen molar-refractivity contribution in [3.8, 4) is 11.5 Å². The maximum absolute atomic E-state index is 13.6. The van der Waals surface area contributed by atoms with Crippen molar-refractivity contribution in [2.75, 3.05) is 44.7 Å². The van der Waals surface area contributed by atoms with Crippen LogP contribution in [0.5, 0.6) is 11.5 Å². The van der Waals surface area contributed by atoms with Crippen molar-refractivity contribution in [1.82, 2.24) is 15.5 Å². The Balaban J connectivity index is 1.52. The van der Waals surface area contributed by atoms with Gasteiger partial charge in [-0.2, -0.15) is 13.2 Å². The summed E-state index contributed by atoms with van der Waals surface area (Å²) in [4.78, 5) is 27.8. The van der Waals surface area contributed by atoms with Gasteiger partial charge >= 0.3 is 12.2 Å². The van der Waals surface area contributed by atoms with Gasteiger partial charge in [0.25, 0.3) is 0 Å². The molecule has 2 aromatic rings.